The maximum Gasteiger partial charge on any atom is 0.138 e. The van der Waals surface area contributed by atoms with E-state index in [1.807, 2.05) is 36.4 Å². The van der Waals surface area contributed by atoms with E-state index in [0.717, 1.165) is 53.8 Å². The molecule has 5 aromatic rings. The van der Waals surface area contributed by atoms with Crippen molar-refractivity contribution in [3.8, 4) is 22.8 Å². The Bertz CT molecular complexity index is 1150. The lowest BCUT2D eigenvalue weighted by atomic mass is 10.1. The predicted octanol–water partition coefficient (Wildman–Crippen LogP) is 6.30. The second-order valence-electron chi connectivity index (χ2n) is 6.07. The molecule has 0 aliphatic heterocycles. The normalized spacial score (nSPS) is 11.5. The number of aromatic amines is 2. The molecule has 0 aliphatic carbocycles. The summed E-state index contributed by atoms with van der Waals surface area (Å²) in [6.45, 7) is 0. The number of halogens is 2. The van der Waals surface area contributed by atoms with Gasteiger partial charge in [0.1, 0.15) is 11.6 Å². The van der Waals surface area contributed by atoms with Crippen LogP contribution in [-0.4, -0.2) is 19.9 Å². The lowest BCUT2D eigenvalue weighted by Gasteiger charge is -1.99. The molecule has 2 aromatic heterocycles. The number of aromatic nitrogens is 4. The number of H-pyrrole nitrogens is 2. The molecule has 0 amide bonds. The van der Waals surface area contributed by atoms with E-state index in [9.17, 15) is 0 Å². The van der Waals surface area contributed by atoms with Crippen LogP contribution in [-0.2, 0) is 0 Å². The molecule has 2 heterocycles. The van der Waals surface area contributed by atoms with Crippen LogP contribution < -0.4 is 0 Å². The highest BCUT2D eigenvalue weighted by Gasteiger charge is 2.09. The van der Waals surface area contributed by atoms with Crippen LogP contribution in [0.1, 0.15) is 0 Å². The molecule has 0 atom stereocenters. The van der Waals surface area contributed by atoms with Crippen molar-refractivity contribution in [3.63, 3.8) is 0 Å². The van der Waals surface area contributed by atoms with Crippen molar-refractivity contribution in [1.82, 2.24) is 19.9 Å². The van der Waals surface area contributed by atoms with Crippen LogP contribution >= 0.6 is 31.9 Å². The van der Waals surface area contributed by atoms with Gasteiger partial charge in [0.2, 0.25) is 0 Å². The van der Waals surface area contributed by atoms with Crippen molar-refractivity contribution in [2.75, 3.05) is 0 Å². The quantitative estimate of drug-likeness (QED) is 0.320. The predicted molar refractivity (Wildman–Crippen MR) is 112 cm³/mol. The summed E-state index contributed by atoms with van der Waals surface area (Å²) in [6.07, 6.45) is 0. The maximum absolute atomic E-state index is 4.67. The average molecular weight is 468 g/mol. The van der Waals surface area contributed by atoms with Crippen molar-refractivity contribution in [3.05, 3.63) is 69.6 Å². The van der Waals surface area contributed by atoms with E-state index in [1.165, 1.54) is 0 Å². The minimum absolute atomic E-state index is 0.859. The minimum atomic E-state index is 0.859. The van der Waals surface area contributed by atoms with Gasteiger partial charge in [0, 0.05) is 20.1 Å². The molecule has 0 unspecified atom stereocenters. The molecule has 0 fully saturated rings. The lowest BCUT2D eigenvalue weighted by molar-refractivity contribution is 1.32. The number of hydrogen-bond donors (Lipinski definition) is 2. The molecular formula is C20H12Br2N4. The van der Waals surface area contributed by atoms with E-state index in [-0.39, 0.29) is 0 Å². The first-order chi connectivity index (χ1) is 12.7. The number of nitrogens with one attached hydrogen (secondary N) is 2. The molecule has 0 aliphatic rings. The molecule has 0 bridgehead atoms. The van der Waals surface area contributed by atoms with Gasteiger partial charge in [-0.05, 0) is 36.4 Å². The highest BCUT2D eigenvalue weighted by Crippen LogP contribution is 2.27. The van der Waals surface area contributed by atoms with E-state index in [2.05, 4.69) is 76.1 Å². The Hall–Kier alpha value is -2.44. The topological polar surface area (TPSA) is 57.4 Å². The zero-order chi connectivity index (χ0) is 17.7. The van der Waals surface area contributed by atoms with E-state index in [0.29, 0.717) is 0 Å². The molecule has 4 nitrogen and oxygen atoms in total. The Morgan fingerprint density at radius 2 is 1.00 bits per heavy atom. The number of rotatable bonds is 2. The zero-order valence-corrected chi connectivity index (χ0v) is 16.6. The van der Waals surface area contributed by atoms with E-state index in [1.54, 1.807) is 0 Å². The van der Waals surface area contributed by atoms with Crippen molar-refractivity contribution in [1.29, 1.82) is 0 Å². The van der Waals surface area contributed by atoms with Gasteiger partial charge in [-0.1, -0.05) is 56.1 Å². The van der Waals surface area contributed by atoms with Gasteiger partial charge in [0.05, 0.1) is 22.1 Å². The molecule has 0 spiro atoms. The van der Waals surface area contributed by atoms with Gasteiger partial charge in [0.25, 0.3) is 0 Å². The van der Waals surface area contributed by atoms with Crippen molar-refractivity contribution in [2.45, 2.75) is 0 Å². The summed E-state index contributed by atoms with van der Waals surface area (Å²) in [7, 11) is 0. The SMILES string of the molecule is Brc1ccc2nc(-c3ccc(-c4nc5ccc(Br)cc5[nH]4)cc3)[nH]c2c1. The van der Waals surface area contributed by atoms with Crippen molar-refractivity contribution >= 4 is 53.9 Å². The van der Waals surface area contributed by atoms with Gasteiger partial charge < -0.3 is 9.97 Å². The van der Waals surface area contributed by atoms with Crippen LogP contribution in [0.5, 0.6) is 0 Å². The van der Waals surface area contributed by atoms with Crippen LogP contribution in [0.2, 0.25) is 0 Å². The number of nitrogens with zero attached hydrogens (tertiary/aromatic N) is 2. The molecule has 126 valence electrons. The second-order valence-corrected chi connectivity index (χ2v) is 7.90. The molecule has 0 saturated carbocycles. The van der Waals surface area contributed by atoms with Crippen LogP contribution in [0, 0.1) is 0 Å². The summed E-state index contributed by atoms with van der Waals surface area (Å²) in [6, 6.07) is 20.3. The van der Waals surface area contributed by atoms with Crippen molar-refractivity contribution in [2.24, 2.45) is 0 Å². The molecule has 3 aromatic carbocycles. The summed E-state index contributed by atoms with van der Waals surface area (Å²) in [5, 5.41) is 0. The fourth-order valence-corrected chi connectivity index (χ4v) is 3.75. The third-order valence-electron chi connectivity index (χ3n) is 4.32. The number of fused-ring (bicyclic) bond motifs is 2. The van der Waals surface area contributed by atoms with Crippen LogP contribution in [0.25, 0.3) is 44.8 Å². The molecule has 6 heteroatoms. The fourth-order valence-electron chi connectivity index (χ4n) is 3.02. The molecule has 2 N–H and O–H groups in total. The van der Waals surface area contributed by atoms with Gasteiger partial charge in [0.15, 0.2) is 0 Å². The Morgan fingerprint density at radius 1 is 0.577 bits per heavy atom. The second kappa shape index (κ2) is 6.07. The number of imidazole rings is 2. The highest BCUT2D eigenvalue weighted by atomic mass is 79.9. The smallest absolute Gasteiger partial charge is 0.138 e. The molecule has 0 saturated heterocycles. The lowest BCUT2D eigenvalue weighted by Crippen LogP contribution is -1.83. The molecule has 26 heavy (non-hydrogen) atoms. The summed E-state index contributed by atoms with van der Waals surface area (Å²) in [5.74, 6) is 1.72. The van der Waals surface area contributed by atoms with E-state index >= 15 is 0 Å². The first-order valence-electron chi connectivity index (χ1n) is 8.07. The Morgan fingerprint density at radius 3 is 1.42 bits per heavy atom. The third kappa shape index (κ3) is 2.75. The average Bonchev–Trinajstić information content (AvgIpc) is 3.25. The van der Waals surface area contributed by atoms with Gasteiger partial charge >= 0.3 is 0 Å². The Balaban J connectivity index is 1.52. The van der Waals surface area contributed by atoms with Gasteiger partial charge in [-0.2, -0.15) is 0 Å². The highest BCUT2D eigenvalue weighted by molar-refractivity contribution is 9.10. The third-order valence-corrected chi connectivity index (χ3v) is 5.31. The maximum atomic E-state index is 4.67. The number of benzene rings is 3. The van der Waals surface area contributed by atoms with Gasteiger partial charge in [-0.3, -0.25) is 0 Å². The van der Waals surface area contributed by atoms with Gasteiger partial charge in [-0.25, -0.2) is 9.97 Å². The zero-order valence-electron chi connectivity index (χ0n) is 13.4. The summed E-state index contributed by atoms with van der Waals surface area (Å²) >= 11 is 6.98. The first kappa shape index (κ1) is 15.8. The van der Waals surface area contributed by atoms with E-state index < -0.39 is 0 Å². The summed E-state index contributed by atoms with van der Waals surface area (Å²) in [5.41, 5.74) is 6.02. The largest absolute Gasteiger partial charge is 0.338 e. The van der Waals surface area contributed by atoms with Crippen LogP contribution in [0.3, 0.4) is 0 Å². The first-order valence-corrected chi connectivity index (χ1v) is 9.66. The Kier molecular flexibility index (Phi) is 3.69. The standard InChI is InChI=1S/C20H12Br2N4/c21-13-5-7-15-17(9-13)25-19(23-15)11-1-2-12(4-3-11)20-24-16-8-6-14(22)10-18(16)26-20/h1-10H,(H,23,25)(H,24,26). The van der Waals surface area contributed by atoms with E-state index in [4.69, 9.17) is 0 Å². The number of hydrogen-bond acceptors (Lipinski definition) is 2. The molecule has 0 radical (unpaired) electrons. The molecular weight excluding hydrogens is 456 g/mol. The van der Waals surface area contributed by atoms with Crippen molar-refractivity contribution < 1.29 is 0 Å². The molecule has 5 rings (SSSR count). The monoisotopic (exact) mass is 466 g/mol. The van der Waals surface area contributed by atoms with Crippen LogP contribution in [0.4, 0.5) is 0 Å². The van der Waals surface area contributed by atoms with Gasteiger partial charge in [-0.15, -0.1) is 0 Å². The Labute approximate surface area is 166 Å². The fraction of sp³-hybridized carbons (Fsp3) is 0. The van der Waals surface area contributed by atoms with Crippen LogP contribution in [0.15, 0.2) is 69.6 Å². The summed E-state index contributed by atoms with van der Waals surface area (Å²) in [4.78, 5) is 16.1. The minimum Gasteiger partial charge on any atom is -0.338 e. The summed E-state index contributed by atoms with van der Waals surface area (Å²) < 4.78 is 2.07.